The highest BCUT2D eigenvalue weighted by Crippen LogP contribution is 2.45. The molecule has 0 saturated heterocycles. The molecule has 0 spiro atoms. The molecule has 1 unspecified atom stereocenters. The third-order valence-electron chi connectivity index (χ3n) is 3.70. The van der Waals surface area contributed by atoms with Gasteiger partial charge >= 0.3 is 5.97 Å². The van der Waals surface area contributed by atoms with Crippen LogP contribution >= 0.6 is 0 Å². The molecule has 0 radical (unpaired) electrons. The van der Waals surface area contributed by atoms with Gasteiger partial charge in [0.05, 0.1) is 12.8 Å². The van der Waals surface area contributed by atoms with Crippen molar-refractivity contribution in [3.05, 3.63) is 30.1 Å². The number of rotatable bonds is 6. The molecule has 1 atom stereocenters. The Hall–Kier alpha value is -1.58. The fourth-order valence-electron chi connectivity index (χ4n) is 2.64. The Kier molecular flexibility index (Phi) is 4.08. The number of carbonyl (C=O) groups excluding carboxylic acids is 1. The first-order valence-electron chi connectivity index (χ1n) is 6.75. The van der Waals surface area contributed by atoms with Gasteiger partial charge in [0.15, 0.2) is 0 Å². The second-order valence-corrected chi connectivity index (χ2v) is 5.09. The van der Waals surface area contributed by atoms with Gasteiger partial charge in [-0.15, -0.1) is 0 Å². The van der Waals surface area contributed by atoms with Crippen molar-refractivity contribution >= 4 is 11.7 Å². The van der Waals surface area contributed by atoms with Gasteiger partial charge in [-0.3, -0.25) is 0 Å². The molecule has 0 aromatic heterocycles. The SMILES string of the molecule is CCCC(Nc1ccccc1F)(C(=O)OC)C1CC1. The summed E-state index contributed by atoms with van der Waals surface area (Å²) in [6.07, 6.45) is 3.46. The molecule has 0 amide bonds. The molecular weight excluding hydrogens is 245 g/mol. The van der Waals surface area contributed by atoms with Crippen molar-refractivity contribution in [2.24, 2.45) is 5.92 Å². The maximum Gasteiger partial charge on any atom is 0.331 e. The summed E-state index contributed by atoms with van der Waals surface area (Å²) in [5.74, 6) is -0.396. The summed E-state index contributed by atoms with van der Waals surface area (Å²) in [7, 11) is 1.39. The van der Waals surface area contributed by atoms with Crippen molar-refractivity contribution in [1.82, 2.24) is 0 Å². The van der Waals surface area contributed by atoms with Crippen molar-refractivity contribution in [3.63, 3.8) is 0 Å². The quantitative estimate of drug-likeness (QED) is 0.801. The smallest absolute Gasteiger partial charge is 0.331 e. The van der Waals surface area contributed by atoms with E-state index in [2.05, 4.69) is 5.32 Å². The number of para-hydroxylation sites is 1. The molecule has 1 fully saturated rings. The first-order valence-corrected chi connectivity index (χ1v) is 6.75. The first-order chi connectivity index (χ1) is 9.14. The summed E-state index contributed by atoms with van der Waals surface area (Å²) in [5, 5.41) is 3.12. The largest absolute Gasteiger partial charge is 0.467 e. The lowest BCUT2D eigenvalue weighted by molar-refractivity contribution is -0.147. The second-order valence-electron chi connectivity index (χ2n) is 5.09. The van der Waals surface area contributed by atoms with Crippen molar-refractivity contribution in [1.29, 1.82) is 0 Å². The molecule has 0 heterocycles. The Bertz CT molecular complexity index is 459. The average molecular weight is 265 g/mol. The highest BCUT2D eigenvalue weighted by molar-refractivity contribution is 5.85. The first kappa shape index (κ1) is 13.8. The maximum atomic E-state index is 13.8. The number of ether oxygens (including phenoxy) is 1. The standard InChI is InChI=1S/C15H20FNO2/c1-3-10-15(11-8-9-11,14(18)19-2)17-13-7-5-4-6-12(13)16/h4-7,11,17H,3,8-10H2,1-2H3. The number of benzene rings is 1. The highest BCUT2D eigenvalue weighted by Gasteiger charge is 2.51. The zero-order valence-corrected chi connectivity index (χ0v) is 11.4. The van der Waals surface area contributed by atoms with Crippen LogP contribution in [0.1, 0.15) is 32.6 Å². The lowest BCUT2D eigenvalue weighted by Crippen LogP contribution is -2.49. The van der Waals surface area contributed by atoms with Crippen LogP contribution in [0, 0.1) is 11.7 Å². The topological polar surface area (TPSA) is 38.3 Å². The van der Waals surface area contributed by atoms with Crippen LogP contribution in [0.5, 0.6) is 0 Å². The lowest BCUT2D eigenvalue weighted by atomic mass is 9.87. The molecule has 1 aromatic carbocycles. The van der Waals surface area contributed by atoms with Crippen LogP contribution in [0.2, 0.25) is 0 Å². The van der Waals surface area contributed by atoms with E-state index < -0.39 is 5.54 Å². The summed E-state index contributed by atoms with van der Waals surface area (Å²) in [4.78, 5) is 12.2. The number of halogens is 1. The Morgan fingerprint density at radius 1 is 1.47 bits per heavy atom. The zero-order chi connectivity index (χ0) is 13.9. The predicted octanol–water partition coefficient (Wildman–Crippen LogP) is 3.36. The Morgan fingerprint density at radius 3 is 2.68 bits per heavy atom. The number of hydrogen-bond donors (Lipinski definition) is 1. The third-order valence-corrected chi connectivity index (χ3v) is 3.70. The van der Waals surface area contributed by atoms with Crippen molar-refractivity contribution in [3.8, 4) is 0 Å². The molecule has 1 aromatic rings. The molecule has 0 bridgehead atoms. The minimum atomic E-state index is -0.786. The van der Waals surface area contributed by atoms with Gasteiger partial charge < -0.3 is 10.1 Å². The minimum absolute atomic E-state index is 0.236. The number of methoxy groups -OCH3 is 1. The molecule has 104 valence electrons. The number of esters is 1. The van der Waals surface area contributed by atoms with E-state index in [0.29, 0.717) is 12.1 Å². The predicted molar refractivity (Wildman–Crippen MR) is 72.4 cm³/mol. The molecule has 19 heavy (non-hydrogen) atoms. The van der Waals surface area contributed by atoms with Crippen LogP contribution in [-0.2, 0) is 9.53 Å². The normalized spacial score (nSPS) is 17.6. The van der Waals surface area contributed by atoms with Crippen molar-refractivity contribution < 1.29 is 13.9 Å². The highest BCUT2D eigenvalue weighted by atomic mass is 19.1. The number of anilines is 1. The van der Waals surface area contributed by atoms with Gasteiger partial charge in [-0.05, 0) is 37.3 Å². The molecule has 1 aliphatic rings. The van der Waals surface area contributed by atoms with E-state index in [9.17, 15) is 9.18 Å². The van der Waals surface area contributed by atoms with E-state index in [4.69, 9.17) is 4.74 Å². The van der Waals surface area contributed by atoms with E-state index in [1.807, 2.05) is 6.92 Å². The molecule has 2 rings (SSSR count). The van der Waals surface area contributed by atoms with E-state index in [1.165, 1.54) is 13.2 Å². The lowest BCUT2D eigenvalue weighted by Gasteiger charge is -2.33. The van der Waals surface area contributed by atoms with E-state index in [-0.39, 0.29) is 17.7 Å². The Balaban J connectivity index is 2.32. The summed E-state index contributed by atoms with van der Waals surface area (Å²) in [5.41, 5.74) is -0.417. The van der Waals surface area contributed by atoms with Crippen LogP contribution < -0.4 is 5.32 Å². The molecule has 1 saturated carbocycles. The second kappa shape index (κ2) is 5.59. The minimum Gasteiger partial charge on any atom is -0.467 e. The average Bonchev–Trinajstić information content (AvgIpc) is 3.24. The van der Waals surface area contributed by atoms with Crippen molar-refractivity contribution in [2.75, 3.05) is 12.4 Å². The van der Waals surface area contributed by atoms with Crippen LogP contribution in [0.3, 0.4) is 0 Å². The van der Waals surface area contributed by atoms with Gasteiger partial charge in [0.1, 0.15) is 11.4 Å². The number of nitrogens with one attached hydrogen (secondary N) is 1. The van der Waals surface area contributed by atoms with Crippen molar-refractivity contribution in [2.45, 2.75) is 38.1 Å². The van der Waals surface area contributed by atoms with Crippen LogP contribution in [-0.4, -0.2) is 18.6 Å². The van der Waals surface area contributed by atoms with Gasteiger partial charge in [-0.25, -0.2) is 9.18 Å². The molecule has 1 N–H and O–H groups in total. The summed E-state index contributed by atoms with van der Waals surface area (Å²) in [6.45, 7) is 2.02. The molecule has 4 heteroatoms. The summed E-state index contributed by atoms with van der Waals surface area (Å²) < 4.78 is 18.8. The van der Waals surface area contributed by atoms with Crippen LogP contribution in [0.15, 0.2) is 24.3 Å². The molecule has 1 aliphatic carbocycles. The van der Waals surface area contributed by atoms with Gasteiger partial charge in [0.25, 0.3) is 0 Å². The van der Waals surface area contributed by atoms with Crippen LogP contribution in [0.25, 0.3) is 0 Å². The molecule has 0 aliphatic heterocycles. The fraction of sp³-hybridized carbons (Fsp3) is 0.533. The summed E-state index contributed by atoms with van der Waals surface area (Å²) >= 11 is 0. The van der Waals surface area contributed by atoms with E-state index >= 15 is 0 Å². The molecule has 3 nitrogen and oxygen atoms in total. The number of carbonyl (C=O) groups is 1. The van der Waals surface area contributed by atoms with Gasteiger partial charge in [0.2, 0.25) is 0 Å². The monoisotopic (exact) mass is 265 g/mol. The van der Waals surface area contributed by atoms with Gasteiger partial charge in [-0.2, -0.15) is 0 Å². The zero-order valence-electron chi connectivity index (χ0n) is 11.4. The maximum absolute atomic E-state index is 13.8. The van der Waals surface area contributed by atoms with E-state index in [0.717, 1.165) is 19.3 Å². The van der Waals surface area contributed by atoms with Crippen LogP contribution in [0.4, 0.5) is 10.1 Å². The third kappa shape index (κ3) is 2.72. The number of hydrogen-bond acceptors (Lipinski definition) is 3. The molecular formula is C15H20FNO2. The fourth-order valence-corrected chi connectivity index (χ4v) is 2.64. The van der Waals surface area contributed by atoms with E-state index in [1.54, 1.807) is 18.2 Å². The van der Waals surface area contributed by atoms with Gasteiger partial charge in [-0.1, -0.05) is 25.5 Å². The summed E-state index contributed by atoms with van der Waals surface area (Å²) in [6, 6.07) is 6.44. The van der Waals surface area contributed by atoms with Gasteiger partial charge in [0, 0.05) is 0 Å². The Labute approximate surface area is 113 Å². The Morgan fingerprint density at radius 2 is 2.16 bits per heavy atom.